The molecule has 4 unspecified atom stereocenters. The maximum atomic E-state index is 12.5. The van der Waals surface area contributed by atoms with Gasteiger partial charge < -0.3 is 29.2 Å². The first-order valence-electron chi connectivity index (χ1n) is 19.1. The highest BCUT2D eigenvalue weighted by molar-refractivity contribution is 5.66. The zero-order valence-corrected chi connectivity index (χ0v) is 31.5. The lowest BCUT2D eigenvalue weighted by atomic mass is 9.41. The van der Waals surface area contributed by atoms with Gasteiger partial charge in [-0.2, -0.15) is 9.59 Å². The number of nitrogens with zero attached hydrogens (tertiary/aromatic N) is 1. The molecule has 2 N–H and O–H groups in total. The van der Waals surface area contributed by atoms with E-state index < -0.39 is 29.9 Å². The van der Waals surface area contributed by atoms with Crippen molar-refractivity contribution < 1.29 is 43.5 Å². The lowest BCUT2D eigenvalue weighted by molar-refractivity contribution is -0.248. The van der Waals surface area contributed by atoms with E-state index in [1.165, 1.54) is 32.6 Å². The molecule has 0 bridgehead atoms. The summed E-state index contributed by atoms with van der Waals surface area (Å²) in [4.78, 5) is 30.8. The minimum atomic E-state index is -1.25. The molecule has 7 fully saturated rings. The van der Waals surface area contributed by atoms with Gasteiger partial charge >= 0.3 is 12.1 Å². The van der Waals surface area contributed by atoms with Crippen molar-refractivity contribution in [3.63, 3.8) is 0 Å². The van der Waals surface area contributed by atoms with Gasteiger partial charge in [0.15, 0.2) is 12.4 Å². The Labute approximate surface area is 293 Å². The molecule has 14 atom stereocenters. The van der Waals surface area contributed by atoms with Crippen molar-refractivity contribution in [2.75, 3.05) is 26.2 Å². The summed E-state index contributed by atoms with van der Waals surface area (Å²) in [5.41, 5.74) is -0.876. The van der Waals surface area contributed by atoms with Crippen molar-refractivity contribution in [1.29, 1.82) is 0 Å². The zero-order valence-electron chi connectivity index (χ0n) is 31.5. The van der Waals surface area contributed by atoms with Crippen LogP contribution in [0.15, 0.2) is 0 Å². The van der Waals surface area contributed by atoms with Crippen LogP contribution >= 0.6 is 0 Å². The molecule has 5 aliphatic carbocycles. The number of likely N-dealkylation sites (N-methyl/N-ethyl adjacent to an activating group) is 1. The van der Waals surface area contributed by atoms with Crippen LogP contribution in [0.4, 0.5) is 0 Å². The Balaban J connectivity index is 0.00000134. The fourth-order valence-electron chi connectivity index (χ4n) is 13.8. The van der Waals surface area contributed by atoms with Crippen molar-refractivity contribution in [3.8, 4) is 0 Å². The molecule has 0 aromatic rings. The van der Waals surface area contributed by atoms with Crippen LogP contribution in [0.2, 0.25) is 0 Å². The summed E-state index contributed by atoms with van der Waals surface area (Å²) >= 11 is 0. The molecule has 0 aromatic carbocycles. The topological polar surface area (TPSA) is 132 Å². The van der Waals surface area contributed by atoms with Gasteiger partial charge in [-0.1, -0.05) is 41.5 Å². The van der Waals surface area contributed by atoms with Gasteiger partial charge in [0.25, 0.3) is 0 Å². The maximum absolute atomic E-state index is 12.5. The fraction of sp³-hybridized carbons (Fsp3) is 0.949. The molecule has 2 saturated heterocycles. The Kier molecular flexibility index (Phi) is 9.63. The molecule has 0 aromatic heterocycles. The largest absolute Gasteiger partial charge is 0.457 e. The normalized spacial score (nSPS) is 48.9. The zero-order chi connectivity index (χ0) is 35.9. The van der Waals surface area contributed by atoms with E-state index in [-0.39, 0.29) is 58.1 Å². The van der Waals surface area contributed by atoms with E-state index in [4.69, 9.17) is 28.5 Å². The van der Waals surface area contributed by atoms with Gasteiger partial charge in [-0.25, -0.2) is 0 Å². The highest BCUT2D eigenvalue weighted by Crippen LogP contribution is 2.89. The molecule has 278 valence electrons. The van der Waals surface area contributed by atoms with Crippen LogP contribution in [0.25, 0.3) is 0 Å². The SMILES string of the molecule is CCN1CCO[C@@H](OC2CC[C@]34C[C@]35CC[C@]3(C)[C@@H]6C(OC([C@H](OC(C)=O)C(C)(C)O)C[C@H]6C)[C@H](O)[C@@]3(C)C5CC[C@H]4C2(C)C)C1.O=C=O. The van der Waals surface area contributed by atoms with E-state index in [0.717, 1.165) is 45.5 Å². The molecular formula is C39H63NO9. The van der Waals surface area contributed by atoms with Crippen LogP contribution in [0.3, 0.4) is 0 Å². The molecule has 5 saturated carbocycles. The number of rotatable bonds is 6. The average Bonchev–Trinajstić information content (AvgIpc) is 3.66. The van der Waals surface area contributed by atoms with Crippen LogP contribution < -0.4 is 0 Å². The van der Waals surface area contributed by atoms with Crippen LogP contribution in [-0.2, 0) is 33.3 Å². The highest BCUT2D eigenvalue weighted by Gasteiger charge is 2.84. The molecule has 10 nitrogen and oxygen atoms in total. The number of morpholine rings is 1. The summed E-state index contributed by atoms with van der Waals surface area (Å²) in [5, 5.41) is 23.6. The van der Waals surface area contributed by atoms with E-state index in [1.807, 2.05) is 0 Å². The quantitative estimate of drug-likeness (QED) is 0.368. The average molecular weight is 690 g/mol. The molecular weight excluding hydrogens is 626 g/mol. The monoisotopic (exact) mass is 689 g/mol. The molecule has 10 heteroatoms. The fourth-order valence-corrected chi connectivity index (χ4v) is 13.8. The standard InChI is InChI=1S/C38H63NO7.CO2/c1-10-39-17-18-43-28(20-39)46-27-13-14-37-21-38(37)16-15-35(8)29-22(2)19-24(32(34(6,7)42)44-23(3)40)45-30(29)31(41)36(35,9)26(38)12-11-25(37)33(27,4)5;2-1-3/h22,24-32,41-42H,10-21H2,1-9H3;/t22-,24?,25+,26?,27?,28+,29+,30?,31+,32+,35-,36-,37-,38+;/m1./s1. The number of esters is 1. The van der Waals surface area contributed by atoms with Gasteiger partial charge in [0.2, 0.25) is 0 Å². The predicted molar refractivity (Wildman–Crippen MR) is 180 cm³/mol. The number of aliphatic hydroxyl groups excluding tert-OH is 1. The second-order valence-electron chi connectivity index (χ2n) is 18.6. The van der Waals surface area contributed by atoms with E-state index >= 15 is 0 Å². The van der Waals surface area contributed by atoms with E-state index in [2.05, 4.69) is 46.4 Å². The molecule has 0 radical (unpaired) electrons. The molecule has 2 heterocycles. The molecule has 0 amide bonds. The number of aliphatic hydroxyl groups is 2. The van der Waals surface area contributed by atoms with Crippen molar-refractivity contribution in [1.82, 2.24) is 4.90 Å². The Hall–Kier alpha value is -1.39. The van der Waals surface area contributed by atoms with Crippen LogP contribution in [-0.4, -0.2) is 95.9 Å². The summed E-state index contributed by atoms with van der Waals surface area (Å²) in [7, 11) is 0. The number of fused-ring (bicyclic) bond motifs is 4. The summed E-state index contributed by atoms with van der Waals surface area (Å²) in [6, 6.07) is 0. The summed E-state index contributed by atoms with van der Waals surface area (Å²) in [6.07, 6.45) is 7.15. The Morgan fingerprint density at radius 3 is 2.35 bits per heavy atom. The minimum Gasteiger partial charge on any atom is -0.457 e. The number of carbonyl (C=O) groups is 1. The van der Waals surface area contributed by atoms with E-state index in [0.29, 0.717) is 23.7 Å². The van der Waals surface area contributed by atoms with Gasteiger partial charge in [-0.3, -0.25) is 9.69 Å². The Bertz CT molecular complexity index is 1290. The smallest absolute Gasteiger partial charge is 0.373 e. The highest BCUT2D eigenvalue weighted by atomic mass is 16.7. The predicted octanol–water partition coefficient (Wildman–Crippen LogP) is 4.98. The third kappa shape index (κ3) is 5.44. The van der Waals surface area contributed by atoms with Crippen molar-refractivity contribution >= 4 is 12.1 Å². The first kappa shape index (κ1) is 37.4. The van der Waals surface area contributed by atoms with Crippen molar-refractivity contribution in [2.45, 2.75) is 156 Å². The number of hydrogen-bond donors (Lipinski definition) is 2. The first-order chi connectivity index (χ1) is 22.9. The number of ether oxygens (including phenoxy) is 4. The number of carbonyl (C=O) groups excluding carboxylic acids is 3. The van der Waals surface area contributed by atoms with Crippen LogP contribution in [0.5, 0.6) is 0 Å². The summed E-state index contributed by atoms with van der Waals surface area (Å²) in [5.74, 6) is 1.16. The maximum Gasteiger partial charge on any atom is 0.373 e. The van der Waals surface area contributed by atoms with Crippen LogP contribution in [0.1, 0.15) is 114 Å². The van der Waals surface area contributed by atoms with Crippen molar-refractivity contribution in [3.05, 3.63) is 0 Å². The van der Waals surface area contributed by atoms with Crippen LogP contribution in [0, 0.1) is 50.7 Å². The lowest BCUT2D eigenvalue weighted by Crippen LogP contribution is -2.60. The number of hydrogen-bond acceptors (Lipinski definition) is 10. The van der Waals surface area contributed by atoms with Crippen molar-refractivity contribution in [2.24, 2.45) is 50.7 Å². The van der Waals surface area contributed by atoms with E-state index in [1.54, 1.807) is 13.8 Å². The van der Waals surface area contributed by atoms with E-state index in [9.17, 15) is 15.0 Å². The Morgan fingerprint density at radius 2 is 1.71 bits per heavy atom. The second kappa shape index (κ2) is 12.6. The summed E-state index contributed by atoms with van der Waals surface area (Å²) < 4.78 is 25.5. The summed E-state index contributed by atoms with van der Waals surface area (Å²) in [6.45, 7) is 22.7. The third-order valence-electron chi connectivity index (χ3n) is 16.0. The first-order valence-corrected chi connectivity index (χ1v) is 19.1. The molecule has 49 heavy (non-hydrogen) atoms. The minimum absolute atomic E-state index is 0.0427. The molecule has 2 spiro atoms. The molecule has 2 aliphatic heterocycles. The van der Waals surface area contributed by atoms with Gasteiger partial charge in [0.1, 0.15) is 0 Å². The molecule has 7 aliphatic rings. The molecule has 7 rings (SSSR count). The lowest BCUT2D eigenvalue weighted by Gasteiger charge is -2.64. The third-order valence-corrected chi connectivity index (χ3v) is 16.0. The second-order valence-corrected chi connectivity index (χ2v) is 18.6. The Morgan fingerprint density at radius 1 is 1.06 bits per heavy atom. The van der Waals surface area contributed by atoms with Gasteiger partial charge in [-0.15, -0.1) is 0 Å². The van der Waals surface area contributed by atoms with Gasteiger partial charge in [0.05, 0.1) is 36.6 Å². The van der Waals surface area contributed by atoms with Gasteiger partial charge in [-0.05, 0) is 117 Å². The van der Waals surface area contributed by atoms with Gasteiger partial charge in [0, 0.05) is 25.4 Å².